The number of ether oxygens (including phenoxy) is 2. The van der Waals surface area contributed by atoms with Crippen molar-refractivity contribution in [2.45, 2.75) is 18.2 Å². The predicted octanol–water partition coefficient (Wildman–Crippen LogP) is 3.53. The number of rotatable bonds is 7. The van der Waals surface area contributed by atoms with Crippen molar-refractivity contribution < 1.29 is 17.9 Å². The number of benzene rings is 2. The van der Waals surface area contributed by atoms with Crippen LogP contribution in [0.2, 0.25) is 5.02 Å². The maximum atomic E-state index is 12.7. The van der Waals surface area contributed by atoms with Crippen LogP contribution in [0.4, 0.5) is 0 Å². The molecule has 0 amide bonds. The summed E-state index contributed by atoms with van der Waals surface area (Å²) in [5.74, 6) is 1.26. The van der Waals surface area contributed by atoms with E-state index < -0.39 is 10.0 Å². The monoisotopic (exact) mass is 383 g/mol. The topological polar surface area (TPSA) is 55.8 Å². The number of aryl methyl sites for hydroxylation is 1. The summed E-state index contributed by atoms with van der Waals surface area (Å²) in [5.41, 5.74) is 1.87. The van der Waals surface area contributed by atoms with Gasteiger partial charge in [0.1, 0.15) is 4.90 Å². The van der Waals surface area contributed by atoms with Gasteiger partial charge in [-0.1, -0.05) is 23.7 Å². The van der Waals surface area contributed by atoms with Crippen molar-refractivity contribution in [3.8, 4) is 11.5 Å². The van der Waals surface area contributed by atoms with Gasteiger partial charge in [0.05, 0.1) is 19.2 Å². The molecule has 2 aromatic rings. The number of methoxy groups -OCH3 is 2. The summed E-state index contributed by atoms with van der Waals surface area (Å²) in [6.45, 7) is 2.19. The Morgan fingerprint density at radius 3 is 2.32 bits per heavy atom. The highest BCUT2D eigenvalue weighted by Crippen LogP contribution is 2.28. The standard InChI is InChI=1S/C18H22ClNO4S/c1-13-5-8-18(15(19)11-13)25(21,22)20(2)10-9-14-6-7-16(23-3)17(12-14)24-4/h5-8,11-12H,9-10H2,1-4H3. The molecule has 0 aromatic heterocycles. The van der Waals surface area contributed by atoms with E-state index in [9.17, 15) is 8.42 Å². The van der Waals surface area contributed by atoms with E-state index in [1.807, 2.05) is 19.1 Å². The van der Waals surface area contributed by atoms with Crippen LogP contribution in [-0.2, 0) is 16.4 Å². The molecular formula is C18H22ClNO4S. The van der Waals surface area contributed by atoms with Crippen LogP contribution in [0.15, 0.2) is 41.3 Å². The lowest BCUT2D eigenvalue weighted by molar-refractivity contribution is 0.354. The fraction of sp³-hybridized carbons (Fsp3) is 0.333. The molecule has 0 aliphatic heterocycles. The van der Waals surface area contributed by atoms with Crippen LogP contribution in [0.25, 0.3) is 0 Å². The van der Waals surface area contributed by atoms with Crippen LogP contribution in [-0.4, -0.2) is 40.5 Å². The van der Waals surface area contributed by atoms with Crippen molar-refractivity contribution in [1.82, 2.24) is 4.31 Å². The Labute approximate surface area is 154 Å². The molecule has 0 spiro atoms. The molecule has 0 heterocycles. The molecule has 0 atom stereocenters. The zero-order valence-electron chi connectivity index (χ0n) is 14.7. The van der Waals surface area contributed by atoms with Gasteiger partial charge in [0.15, 0.2) is 11.5 Å². The van der Waals surface area contributed by atoms with E-state index in [0.29, 0.717) is 24.5 Å². The van der Waals surface area contributed by atoms with Crippen molar-refractivity contribution in [1.29, 1.82) is 0 Å². The Balaban J connectivity index is 2.15. The lowest BCUT2D eigenvalue weighted by Gasteiger charge is -2.18. The second-order valence-electron chi connectivity index (χ2n) is 5.70. The highest BCUT2D eigenvalue weighted by Gasteiger charge is 2.23. The fourth-order valence-electron chi connectivity index (χ4n) is 2.43. The molecule has 0 saturated carbocycles. The van der Waals surface area contributed by atoms with Crippen molar-refractivity contribution in [2.75, 3.05) is 27.8 Å². The zero-order chi connectivity index (χ0) is 18.6. The third-order valence-electron chi connectivity index (χ3n) is 3.94. The van der Waals surface area contributed by atoms with Crippen LogP contribution in [0.1, 0.15) is 11.1 Å². The first-order valence-electron chi connectivity index (χ1n) is 7.73. The fourth-order valence-corrected chi connectivity index (χ4v) is 4.17. The molecule has 0 fully saturated rings. The molecule has 25 heavy (non-hydrogen) atoms. The van der Waals surface area contributed by atoms with Crippen LogP contribution < -0.4 is 9.47 Å². The summed E-state index contributed by atoms with van der Waals surface area (Å²) in [7, 11) is 1.05. The molecule has 0 unspecified atom stereocenters. The molecule has 0 N–H and O–H groups in total. The number of likely N-dealkylation sites (N-methyl/N-ethyl adjacent to an activating group) is 1. The largest absolute Gasteiger partial charge is 0.493 e. The first kappa shape index (κ1) is 19.6. The number of sulfonamides is 1. The van der Waals surface area contributed by atoms with Crippen LogP contribution in [0.3, 0.4) is 0 Å². The molecule has 0 radical (unpaired) electrons. The van der Waals surface area contributed by atoms with Crippen molar-refractivity contribution in [3.05, 3.63) is 52.5 Å². The van der Waals surface area contributed by atoms with Crippen LogP contribution in [0, 0.1) is 6.92 Å². The zero-order valence-corrected chi connectivity index (χ0v) is 16.3. The van der Waals surface area contributed by atoms with Gasteiger partial charge < -0.3 is 9.47 Å². The van der Waals surface area contributed by atoms with E-state index in [-0.39, 0.29) is 9.92 Å². The predicted molar refractivity (Wildman–Crippen MR) is 99.3 cm³/mol. The van der Waals surface area contributed by atoms with Crippen molar-refractivity contribution in [3.63, 3.8) is 0 Å². The van der Waals surface area contributed by atoms with E-state index in [2.05, 4.69) is 0 Å². The number of hydrogen-bond acceptors (Lipinski definition) is 4. The Morgan fingerprint density at radius 2 is 1.72 bits per heavy atom. The first-order valence-corrected chi connectivity index (χ1v) is 9.54. The van der Waals surface area contributed by atoms with Gasteiger partial charge in [-0.3, -0.25) is 0 Å². The maximum Gasteiger partial charge on any atom is 0.244 e. The molecule has 2 rings (SSSR count). The van der Waals surface area contributed by atoms with Gasteiger partial charge >= 0.3 is 0 Å². The van der Waals surface area contributed by atoms with Crippen molar-refractivity contribution >= 4 is 21.6 Å². The Bertz CT molecular complexity index is 852. The second kappa shape index (κ2) is 8.08. The normalized spacial score (nSPS) is 11.6. The minimum absolute atomic E-state index is 0.120. The molecule has 0 saturated heterocycles. The molecule has 7 heteroatoms. The molecule has 0 aliphatic carbocycles. The van der Waals surface area contributed by atoms with E-state index in [1.54, 1.807) is 45.5 Å². The summed E-state index contributed by atoms with van der Waals surface area (Å²) < 4.78 is 37.2. The minimum Gasteiger partial charge on any atom is -0.493 e. The summed E-state index contributed by atoms with van der Waals surface area (Å²) in [5, 5.41) is 0.234. The SMILES string of the molecule is COc1ccc(CCN(C)S(=O)(=O)c2ccc(C)cc2Cl)cc1OC. The molecule has 0 aliphatic rings. The molecule has 5 nitrogen and oxygen atoms in total. The summed E-state index contributed by atoms with van der Waals surface area (Å²) in [6.07, 6.45) is 0.541. The number of halogens is 1. The van der Waals surface area contributed by atoms with Gasteiger partial charge in [0.2, 0.25) is 10.0 Å². The van der Waals surface area contributed by atoms with E-state index in [4.69, 9.17) is 21.1 Å². The molecule has 2 aromatic carbocycles. The average molecular weight is 384 g/mol. The highest BCUT2D eigenvalue weighted by molar-refractivity contribution is 7.89. The van der Waals surface area contributed by atoms with Gasteiger partial charge in [-0.25, -0.2) is 12.7 Å². The third-order valence-corrected chi connectivity index (χ3v) is 6.28. The molecule has 0 bridgehead atoms. The average Bonchev–Trinajstić information content (AvgIpc) is 2.58. The highest BCUT2D eigenvalue weighted by atomic mass is 35.5. The first-order chi connectivity index (χ1) is 11.8. The lowest BCUT2D eigenvalue weighted by Crippen LogP contribution is -2.29. The van der Waals surface area contributed by atoms with Gasteiger partial charge in [0, 0.05) is 13.6 Å². The van der Waals surface area contributed by atoms with Gasteiger partial charge in [-0.15, -0.1) is 0 Å². The maximum absolute atomic E-state index is 12.7. The van der Waals surface area contributed by atoms with Crippen molar-refractivity contribution in [2.24, 2.45) is 0 Å². The summed E-state index contributed by atoms with van der Waals surface area (Å²) >= 11 is 6.11. The molecular weight excluding hydrogens is 362 g/mol. The van der Waals surface area contributed by atoms with E-state index in [0.717, 1.165) is 11.1 Å². The smallest absolute Gasteiger partial charge is 0.244 e. The van der Waals surface area contributed by atoms with E-state index >= 15 is 0 Å². The van der Waals surface area contributed by atoms with E-state index in [1.165, 1.54) is 4.31 Å². The summed E-state index contributed by atoms with van der Waals surface area (Å²) in [4.78, 5) is 0.120. The Hall–Kier alpha value is -1.76. The second-order valence-corrected chi connectivity index (χ2v) is 8.12. The van der Waals surface area contributed by atoms with Gasteiger partial charge in [-0.05, 0) is 48.7 Å². The Kier molecular flexibility index (Phi) is 6.32. The third kappa shape index (κ3) is 4.45. The quantitative estimate of drug-likeness (QED) is 0.734. The number of nitrogens with zero attached hydrogens (tertiary/aromatic N) is 1. The molecule has 136 valence electrons. The summed E-state index contributed by atoms with van der Waals surface area (Å²) in [6, 6.07) is 10.5. The number of hydrogen-bond donors (Lipinski definition) is 0. The minimum atomic E-state index is -3.64. The van der Waals surface area contributed by atoms with Gasteiger partial charge in [-0.2, -0.15) is 0 Å². The van der Waals surface area contributed by atoms with Crippen LogP contribution in [0.5, 0.6) is 11.5 Å². The lowest BCUT2D eigenvalue weighted by atomic mass is 10.1. The van der Waals surface area contributed by atoms with Crippen LogP contribution >= 0.6 is 11.6 Å². The Morgan fingerprint density at radius 1 is 1.04 bits per heavy atom. The van der Waals surface area contributed by atoms with Gasteiger partial charge in [0.25, 0.3) is 0 Å².